The molecule has 0 spiro atoms. The second-order valence-corrected chi connectivity index (χ2v) is 3.70. The van der Waals surface area contributed by atoms with Crippen molar-refractivity contribution in [1.82, 2.24) is 9.97 Å². The molecule has 2 aromatic rings. The van der Waals surface area contributed by atoms with Gasteiger partial charge in [-0.15, -0.1) is 0 Å². The molecule has 1 heterocycles. The number of anilines is 1. The van der Waals surface area contributed by atoms with Crippen molar-refractivity contribution >= 4 is 11.7 Å². The molecule has 1 aromatic carbocycles. The molecular formula is C13H13N3O3. The third-order valence-corrected chi connectivity index (χ3v) is 2.41. The van der Waals surface area contributed by atoms with E-state index in [2.05, 4.69) is 14.7 Å². The zero-order chi connectivity index (χ0) is 13.7. The minimum Gasteiger partial charge on any atom is -0.483 e. The number of aromatic nitrogens is 2. The fourth-order valence-electron chi connectivity index (χ4n) is 1.45. The highest BCUT2D eigenvalue weighted by molar-refractivity contribution is 5.90. The molecule has 0 bridgehead atoms. The Hall–Kier alpha value is -2.63. The fourth-order valence-corrected chi connectivity index (χ4v) is 1.45. The number of carbonyl (C=O) groups is 1. The molecule has 0 fully saturated rings. The summed E-state index contributed by atoms with van der Waals surface area (Å²) in [6, 6.07) is 6.42. The minimum atomic E-state index is -0.444. The first kappa shape index (κ1) is 12.8. The van der Waals surface area contributed by atoms with Crippen LogP contribution in [0.3, 0.4) is 0 Å². The zero-order valence-corrected chi connectivity index (χ0v) is 10.4. The Labute approximate surface area is 110 Å². The van der Waals surface area contributed by atoms with Gasteiger partial charge in [0, 0.05) is 12.4 Å². The van der Waals surface area contributed by atoms with E-state index >= 15 is 0 Å². The summed E-state index contributed by atoms with van der Waals surface area (Å²) in [7, 11) is 1.32. The predicted molar refractivity (Wildman–Crippen MR) is 68.6 cm³/mol. The lowest BCUT2D eigenvalue weighted by molar-refractivity contribution is 0.0600. The van der Waals surface area contributed by atoms with Crippen LogP contribution in [-0.4, -0.2) is 23.0 Å². The smallest absolute Gasteiger partial charge is 0.337 e. The van der Waals surface area contributed by atoms with Crippen LogP contribution in [0.2, 0.25) is 0 Å². The van der Waals surface area contributed by atoms with E-state index in [-0.39, 0.29) is 6.61 Å². The number of rotatable bonds is 4. The highest BCUT2D eigenvalue weighted by atomic mass is 16.5. The van der Waals surface area contributed by atoms with Gasteiger partial charge in [-0.2, -0.15) is 0 Å². The summed E-state index contributed by atoms with van der Waals surface area (Å²) in [6.07, 6.45) is 3.25. The average molecular weight is 259 g/mol. The summed E-state index contributed by atoms with van der Waals surface area (Å²) in [5, 5.41) is 0. The Bertz CT molecular complexity index is 573. The highest BCUT2D eigenvalue weighted by Crippen LogP contribution is 2.23. The molecular weight excluding hydrogens is 246 g/mol. The number of nitrogens with two attached hydrogens (primary N) is 1. The number of esters is 1. The molecule has 6 heteroatoms. The van der Waals surface area contributed by atoms with Crippen LogP contribution in [-0.2, 0) is 11.3 Å². The lowest BCUT2D eigenvalue weighted by Crippen LogP contribution is -2.05. The van der Waals surface area contributed by atoms with E-state index in [0.29, 0.717) is 22.8 Å². The monoisotopic (exact) mass is 259 g/mol. The quantitative estimate of drug-likeness (QED) is 0.660. The standard InChI is InChI=1S/C13H13N3O3/c1-18-13(17)9-3-4-10(14)11(7-9)19-8-12-15-5-2-6-16-12/h2-7H,8,14H2,1H3. The molecule has 2 N–H and O–H groups in total. The van der Waals surface area contributed by atoms with Gasteiger partial charge in [-0.1, -0.05) is 0 Å². The summed E-state index contributed by atoms with van der Waals surface area (Å²) in [5.41, 5.74) is 6.59. The van der Waals surface area contributed by atoms with Crippen molar-refractivity contribution in [3.05, 3.63) is 48.0 Å². The van der Waals surface area contributed by atoms with E-state index in [1.54, 1.807) is 30.6 Å². The number of methoxy groups -OCH3 is 1. The van der Waals surface area contributed by atoms with Gasteiger partial charge >= 0.3 is 5.97 Å². The van der Waals surface area contributed by atoms with Gasteiger partial charge in [-0.05, 0) is 24.3 Å². The van der Waals surface area contributed by atoms with Crippen LogP contribution < -0.4 is 10.5 Å². The molecule has 0 aliphatic carbocycles. The molecule has 0 aliphatic heterocycles. The van der Waals surface area contributed by atoms with Gasteiger partial charge in [-0.25, -0.2) is 14.8 Å². The summed E-state index contributed by atoms with van der Waals surface area (Å²) < 4.78 is 10.1. The van der Waals surface area contributed by atoms with Crippen LogP contribution in [0.1, 0.15) is 16.2 Å². The molecule has 0 saturated carbocycles. The predicted octanol–water partition coefficient (Wildman–Crippen LogP) is 1.42. The molecule has 98 valence electrons. The molecule has 0 aliphatic rings. The van der Waals surface area contributed by atoms with E-state index in [9.17, 15) is 4.79 Å². The van der Waals surface area contributed by atoms with Crippen LogP contribution in [0.15, 0.2) is 36.7 Å². The number of benzene rings is 1. The molecule has 6 nitrogen and oxygen atoms in total. The third-order valence-electron chi connectivity index (χ3n) is 2.41. The fraction of sp³-hybridized carbons (Fsp3) is 0.154. The Balaban J connectivity index is 2.13. The first-order valence-electron chi connectivity index (χ1n) is 5.57. The van der Waals surface area contributed by atoms with Crippen molar-refractivity contribution in [3.63, 3.8) is 0 Å². The van der Waals surface area contributed by atoms with Crippen molar-refractivity contribution in [1.29, 1.82) is 0 Å². The van der Waals surface area contributed by atoms with Crippen LogP contribution in [0.4, 0.5) is 5.69 Å². The lowest BCUT2D eigenvalue weighted by Gasteiger charge is -2.09. The van der Waals surface area contributed by atoms with E-state index in [4.69, 9.17) is 10.5 Å². The molecule has 2 rings (SSSR count). The topological polar surface area (TPSA) is 87.3 Å². The molecule has 0 radical (unpaired) electrons. The van der Waals surface area contributed by atoms with Gasteiger partial charge in [0.25, 0.3) is 0 Å². The van der Waals surface area contributed by atoms with E-state index in [0.717, 1.165) is 0 Å². The Morgan fingerprint density at radius 1 is 1.32 bits per heavy atom. The highest BCUT2D eigenvalue weighted by Gasteiger charge is 2.09. The number of ether oxygens (including phenoxy) is 2. The van der Waals surface area contributed by atoms with Crippen molar-refractivity contribution in [3.8, 4) is 5.75 Å². The lowest BCUT2D eigenvalue weighted by atomic mass is 10.2. The van der Waals surface area contributed by atoms with Crippen LogP contribution in [0.25, 0.3) is 0 Å². The zero-order valence-electron chi connectivity index (χ0n) is 10.4. The van der Waals surface area contributed by atoms with Crippen molar-refractivity contribution in [2.45, 2.75) is 6.61 Å². The maximum absolute atomic E-state index is 11.4. The molecule has 0 saturated heterocycles. The molecule has 0 atom stereocenters. The Morgan fingerprint density at radius 3 is 2.74 bits per heavy atom. The normalized spacial score (nSPS) is 9.95. The van der Waals surface area contributed by atoms with Gasteiger partial charge in [0.2, 0.25) is 0 Å². The van der Waals surface area contributed by atoms with Gasteiger partial charge in [0.15, 0.2) is 5.82 Å². The largest absolute Gasteiger partial charge is 0.483 e. The summed E-state index contributed by atoms with van der Waals surface area (Å²) in [5.74, 6) is 0.488. The third kappa shape index (κ3) is 3.19. The average Bonchev–Trinajstić information content (AvgIpc) is 2.46. The first-order valence-corrected chi connectivity index (χ1v) is 5.57. The van der Waals surface area contributed by atoms with E-state index in [1.807, 2.05) is 0 Å². The summed E-state index contributed by atoms with van der Waals surface area (Å²) >= 11 is 0. The second kappa shape index (κ2) is 5.81. The number of nitrogen functional groups attached to an aromatic ring is 1. The van der Waals surface area contributed by atoms with Crippen LogP contribution in [0, 0.1) is 0 Å². The van der Waals surface area contributed by atoms with Gasteiger partial charge in [0.05, 0.1) is 18.4 Å². The van der Waals surface area contributed by atoms with Crippen molar-refractivity contribution in [2.75, 3.05) is 12.8 Å². The number of hydrogen-bond donors (Lipinski definition) is 1. The Kier molecular flexibility index (Phi) is 3.92. The number of carbonyl (C=O) groups excluding carboxylic acids is 1. The van der Waals surface area contributed by atoms with Crippen molar-refractivity contribution < 1.29 is 14.3 Å². The molecule has 1 aromatic heterocycles. The molecule has 0 amide bonds. The number of hydrogen-bond acceptors (Lipinski definition) is 6. The van der Waals surface area contributed by atoms with Gasteiger partial charge in [0.1, 0.15) is 12.4 Å². The Morgan fingerprint density at radius 2 is 2.05 bits per heavy atom. The second-order valence-electron chi connectivity index (χ2n) is 3.70. The van der Waals surface area contributed by atoms with Crippen molar-refractivity contribution in [2.24, 2.45) is 0 Å². The van der Waals surface area contributed by atoms with E-state index < -0.39 is 5.97 Å². The van der Waals surface area contributed by atoms with Gasteiger partial charge < -0.3 is 15.2 Å². The maximum Gasteiger partial charge on any atom is 0.337 e. The molecule has 19 heavy (non-hydrogen) atoms. The number of nitrogens with zero attached hydrogens (tertiary/aromatic N) is 2. The maximum atomic E-state index is 11.4. The van der Waals surface area contributed by atoms with E-state index in [1.165, 1.54) is 13.2 Å². The van der Waals surface area contributed by atoms with Crippen LogP contribution >= 0.6 is 0 Å². The summed E-state index contributed by atoms with van der Waals surface area (Å²) in [4.78, 5) is 19.5. The first-order chi connectivity index (χ1) is 9.20. The molecule has 0 unspecified atom stereocenters. The van der Waals surface area contributed by atoms with Gasteiger partial charge in [-0.3, -0.25) is 0 Å². The minimum absolute atomic E-state index is 0.176. The van der Waals surface area contributed by atoms with Crippen LogP contribution in [0.5, 0.6) is 5.75 Å². The summed E-state index contributed by atoms with van der Waals surface area (Å²) in [6.45, 7) is 0.176. The SMILES string of the molecule is COC(=O)c1ccc(N)c(OCc2ncccn2)c1.